The van der Waals surface area contributed by atoms with Crippen molar-refractivity contribution in [1.29, 1.82) is 0 Å². The van der Waals surface area contributed by atoms with Gasteiger partial charge >= 0.3 is 0 Å². The van der Waals surface area contributed by atoms with E-state index < -0.39 is 0 Å². The van der Waals surface area contributed by atoms with Gasteiger partial charge < -0.3 is 15.2 Å². The molecule has 23 heavy (non-hydrogen) atoms. The molecule has 1 fully saturated rings. The SMILES string of the molecule is O=C(c1ccccc1)N1CCNC(c2nc3ccccc3[nH]2)C1. The summed E-state index contributed by atoms with van der Waals surface area (Å²) in [5.41, 5.74) is 2.71. The molecule has 0 bridgehead atoms. The predicted molar refractivity (Wildman–Crippen MR) is 89.2 cm³/mol. The number of nitrogens with one attached hydrogen (secondary N) is 2. The van der Waals surface area contributed by atoms with Crippen molar-refractivity contribution in [2.24, 2.45) is 0 Å². The van der Waals surface area contributed by atoms with Crippen LogP contribution >= 0.6 is 0 Å². The van der Waals surface area contributed by atoms with Crippen LogP contribution in [0.1, 0.15) is 22.2 Å². The number of fused-ring (bicyclic) bond motifs is 1. The van der Waals surface area contributed by atoms with Crippen molar-refractivity contribution < 1.29 is 4.79 Å². The van der Waals surface area contributed by atoms with Crippen molar-refractivity contribution in [3.05, 3.63) is 66.0 Å². The summed E-state index contributed by atoms with van der Waals surface area (Å²) in [5, 5.41) is 3.45. The van der Waals surface area contributed by atoms with E-state index in [0.717, 1.165) is 29.0 Å². The molecule has 0 aliphatic carbocycles. The molecule has 1 aliphatic rings. The van der Waals surface area contributed by atoms with Gasteiger partial charge in [-0.3, -0.25) is 4.79 Å². The minimum Gasteiger partial charge on any atom is -0.341 e. The van der Waals surface area contributed by atoms with Crippen LogP contribution < -0.4 is 5.32 Å². The number of H-pyrrole nitrogens is 1. The van der Waals surface area contributed by atoms with Crippen LogP contribution in [0.15, 0.2) is 54.6 Å². The van der Waals surface area contributed by atoms with Gasteiger partial charge in [-0.2, -0.15) is 0 Å². The Labute approximate surface area is 134 Å². The van der Waals surface area contributed by atoms with E-state index in [4.69, 9.17) is 0 Å². The van der Waals surface area contributed by atoms with E-state index in [9.17, 15) is 4.79 Å². The smallest absolute Gasteiger partial charge is 0.253 e. The number of rotatable bonds is 2. The van der Waals surface area contributed by atoms with Crippen molar-refractivity contribution in [3.63, 3.8) is 0 Å². The van der Waals surface area contributed by atoms with E-state index in [1.165, 1.54) is 0 Å². The number of carbonyl (C=O) groups is 1. The quantitative estimate of drug-likeness (QED) is 0.764. The Kier molecular flexibility index (Phi) is 3.55. The highest BCUT2D eigenvalue weighted by Gasteiger charge is 2.26. The number of imidazole rings is 1. The molecule has 0 spiro atoms. The summed E-state index contributed by atoms with van der Waals surface area (Å²) in [6.07, 6.45) is 0. The average Bonchev–Trinajstić information content (AvgIpc) is 3.06. The number of benzene rings is 2. The number of hydrogen-bond acceptors (Lipinski definition) is 3. The fourth-order valence-corrected chi connectivity index (χ4v) is 3.02. The lowest BCUT2D eigenvalue weighted by molar-refractivity contribution is 0.0700. The number of carbonyl (C=O) groups excluding carboxylic acids is 1. The zero-order chi connectivity index (χ0) is 15.6. The summed E-state index contributed by atoms with van der Waals surface area (Å²) < 4.78 is 0. The summed E-state index contributed by atoms with van der Waals surface area (Å²) >= 11 is 0. The first-order valence-electron chi connectivity index (χ1n) is 7.83. The summed E-state index contributed by atoms with van der Waals surface area (Å²) in [7, 11) is 0. The van der Waals surface area contributed by atoms with E-state index in [2.05, 4.69) is 15.3 Å². The highest BCUT2D eigenvalue weighted by atomic mass is 16.2. The van der Waals surface area contributed by atoms with Gasteiger partial charge in [-0.1, -0.05) is 30.3 Å². The predicted octanol–water partition coefficient (Wildman–Crippen LogP) is 2.35. The highest BCUT2D eigenvalue weighted by Crippen LogP contribution is 2.19. The van der Waals surface area contributed by atoms with Crippen LogP contribution in [0.3, 0.4) is 0 Å². The molecule has 1 saturated heterocycles. The van der Waals surface area contributed by atoms with Crippen molar-refractivity contribution in [3.8, 4) is 0 Å². The number of aromatic nitrogens is 2. The zero-order valence-electron chi connectivity index (χ0n) is 12.7. The van der Waals surface area contributed by atoms with Crippen LogP contribution in [-0.2, 0) is 0 Å². The van der Waals surface area contributed by atoms with E-state index in [1.54, 1.807) is 0 Å². The zero-order valence-corrected chi connectivity index (χ0v) is 12.7. The van der Waals surface area contributed by atoms with Crippen LogP contribution in [0.2, 0.25) is 0 Å². The second kappa shape index (κ2) is 5.85. The van der Waals surface area contributed by atoms with Crippen molar-refractivity contribution in [2.45, 2.75) is 6.04 Å². The normalized spacial score (nSPS) is 18.3. The summed E-state index contributed by atoms with van der Waals surface area (Å²) in [5.74, 6) is 0.963. The third kappa shape index (κ3) is 2.71. The van der Waals surface area contributed by atoms with Gasteiger partial charge in [0.25, 0.3) is 5.91 Å². The summed E-state index contributed by atoms with van der Waals surface area (Å²) in [6.45, 7) is 2.10. The van der Waals surface area contributed by atoms with Gasteiger partial charge in [0.1, 0.15) is 5.82 Å². The molecule has 5 nitrogen and oxygen atoms in total. The van der Waals surface area contributed by atoms with Crippen LogP contribution in [0.4, 0.5) is 0 Å². The molecule has 1 aliphatic heterocycles. The number of aromatic amines is 1. The Bertz CT molecular complexity index is 794. The third-order valence-electron chi connectivity index (χ3n) is 4.22. The molecule has 1 atom stereocenters. The molecule has 116 valence electrons. The Morgan fingerprint density at radius 3 is 2.70 bits per heavy atom. The lowest BCUT2D eigenvalue weighted by Crippen LogP contribution is -2.48. The van der Waals surface area contributed by atoms with Crippen molar-refractivity contribution in [2.75, 3.05) is 19.6 Å². The molecule has 0 radical (unpaired) electrons. The topological polar surface area (TPSA) is 61.0 Å². The lowest BCUT2D eigenvalue weighted by Gasteiger charge is -2.32. The molecule has 5 heteroatoms. The Hall–Kier alpha value is -2.66. The molecular weight excluding hydrogens is 288 g/mol. The van der Waals surface area contributed by atoms with Gasteiger partial charge in [0.15, 0.2) is 0 Å². The van der Waals surface area contributed by atoms with Crippen LogP contribution in [0, 0.1) is 0 Å². The second-order valence-corrected chi connectivity index (χ2v) is 5.76. The molecular formula is C18H18N4O. The molecule has 0 saturated carbocycles. The Balaban J connectivity index is 1.56. The van der Waals surface area contributed by atoms with Gasteiger partial charge in [-0.15, -0.1) is 0 Å². The van der Waals surface area contributed by atoms with Crippen LogP contribution in [0.5, 0.6) is 0 Å². The fourth-order valence-electron chi connectivity index (χ4n) is 3.02. The standard InChI is InChI=1S/C18H18N4O/c23-18(13-6-2-1-3-7-13)22-11-10-19-16(12-22)17-20-14-8-4-5-9-15(14)21-17/h1-9,16,19H,10-12H2,(H,20,21). The molecule has 1 amide bonds. The number of hydrogen-bond donors (Lipinski definition) is 2. The first-order valence-corrected chi connectivity index (χ1v) is 7.83. The Morgan fingerprint density at radius 2 is 1.87 bits per heavy atom. The molecule has 4 rings (SSSR count). The first kappa shape index (κ1) is 14.0. The molecule has 2 N–H and O–H groups in total. The van der Waals surface area contributed by atoms with Gasteiger partial charge in [0.2, 0.25) is 0 Å². The fraction of sp³-hybridized carbons (Fsp3) is 0.222. The van der Waals surface area contributed by atoms with E-state index in [0.29, 0.717) is 13.1 Å². The van der Waals surface area contributed by atoms with Crippen LogP contribution in [-0.4, -0.2) is 40.4 Å². The van der Waals surface area contributed by atoms with E-state index >= 15 is 0 Å². The summed E-state index contributed by atoms with van der Waals surface area (Å²) in [4.78, 5) is 22.5. The third-order valence-corrected chi connectivity index (χ3v) is 4.22. The minimum atomic E-state index is 0.0313. The molecule has 3 aromatic rings. The molecule has 1 unspecified atom stereocenters. The van der Waals surface area contributed by atoms with Gasteiger partial charge in [0.05, 0.1) is 17.1 Å². The second-order valence-electron chi connectivity index (χ2n) is 5.76. The molecule has 2 heterocycles. The van der Waals surface area contributed by atoms with E-state index in [-0.39, 0.29) is 11.9 Å². The lowest BCUT2D eigenvalue weighted by atomic mass is 10.1. The number of para-hydroxylation sites is 2. The van der Waals surface area contributed by atoms with Gasteiger partial charge in [-0.25, -0.2) is 4.98 Å². The van der Waals surface area contributed by atoms with Crippen molar-refractivity contribution in [1.82, 2.24) is 20.2 Å². The largest absolute Gasteiger partial charge is 0.341 e. The van der Waals surface area contributed by atoms with Gasteiger partial charge in [0, 0.05) is 25.2 Å². The maximum Gasteiger partial charge on any atom is 0.253 e. The molecule has 1 aromatic heterocycles. The monoisotopic (exact) mass is 306 g/mol. The number of nitrogens with zero attached hydrogens (tertiary/aromatic N) is 2. The summed E-state index contributed by atoms with van der Waals surface area (Å²) in [6, 6.07) is 17.4. The number of amides is 1. The van der Waals surface area contributed by atoms with Crippen LogP contribution in [0.25, 0.3) is 11.0 Å². The molecule has 2 aromatic carbocycles. The number of piperazine rings is 1. The maximum absolute atomic E-state index is 12.6. The van der Waals surface area contributed by atoms with E-state index in [1.807, 2.05) is 59.5 Å². The average molecular weight is 306 g/mol. The highest BCUT2D eigenvalue weighted by molar-refractivity contribution is 5.94. The van der Waals surface area contributed by atoms with Crippen molar-refractivity contribution >= 4 is 16.9 Å². The maximum atomic E-state index is 12.6. The first-order chi connectivity index (χ1) is 11.3. The Morgan fingerprint density at radius 1 is 1.09 bits per heavy atom. The minimum absolute atomic E-state index is 0.0313. The van der Waals surface area contributed by atoms with Gasteiger partial charge in [-0.05, 0) is 24.3 Å².